The molecule has 0 aromatic carbocycles. The second-order valence-corrected chi connectivity index (χ2v) is 8.78. The van der Waals surface area contributed by atoms with Gasteiger partial charge in [-0.2, -0.15) is 0 Å². The molecule has 3 aliphatic rings. The first-order valence-electron chi connectivity index (χ1n) is 10.9. The summed E-state index contributed by atoms with van der Waals surface area (Å²) in [4.78, 5) is 16.4. The Bertz CT molecular complexity index is 858. The van der Waals surface area contributed by atoms with Gasteiger partial charge < -0.3 is 20.6 Å². The highest BCUT2D eigenvalue weighted by Crippen LogP contribution is 2.51. The second-order valence-electron chi connectivity index (χ2n) is 8.78. The van der Waals surface area contributed by atoms with Crippen LogP contribution in [0.3, 0.4) is 0 Å². The molecule has 2 aromatic rings. The summed E-state index contributed by atoms with van der Waals surface area (Å²) in [6, 6.07) is 4.09. The van der Waals surface area contributed by atoms with Crippen LogP contribution in [0.1, 0.15) is 56.2 Å². The van der Waals surface area contributed by atoms with Crippen LogP contribution in [0.4, 0.5) is 17.5 Å². The monoisotopic (exact) mass is 394 g/mol. The van der Waals surface area contributed by atoms with E-state index in [-0.39, 0.29) is 17.4 Å². The lowest BCUT2D eigenvalue weighted by Gasteiger charge is -2.41. The van der Waals surface area contributed by atoms with Crippen molar-refractivity contribution in [1.29, 1.82) is 0 Å². The van der Waals surface area contributed by atoms with Crippen LogP contribution in [-0.4, -0.2) is 52.3 Å². The number of anilines is 3. The Hall–Kier alpha value is -2.25. The predicted molar refractivity (Wildman–Crippen MR) is 114 cm³/mol. The van der Waals surface area contributed by atoms with Gasteiger partial charge in [0.25, 0.3) is 0 Å². The Morgan fingerprint density at radius 1 is 1.14 bits per heavy atom. The van der Waals surface area contributed by atoms with Gasteiger partial charge in [0.05, 0.1) is 23.7 Å². The summed E-state index contributed by atoms with van der Waals surface area (Å²) in [5.74, 6) is 1.60. The molecule has 2 aromatic heterocycles. The minimum absolute atomic E-state index is 0.194. The van der Waals surface area contributed by atoms with Crippen molar-refractivity contribution < 1.29 is 5.11 Å². The molecule has 7 heteroatoms. The zero-order valence-corrected chi connectivity index (χ0v) is 17.1. The minimum atomic E-state index is -0.313. The van der Waals surface area contributed by atoms with Crippen molar-refractivity contribution in [3.05, 3.63) is 35.8 Å². The largest absolute Gasteiger partial charge is 0.392 e. The number of hydrogen-bond donors (Lipinski definition) is 3. The molecule has 0 radical (unpaired) electrons. The van der Waals surface area contributed by atoms with Gasteiger partial charge in [-0.1, -0.05) is 19.8 Å². The highest BCUT2D eigenvalue weighted by Gasteiger charge is 2.48. The van der Waals surface area contributed by atoms with Gasteiger partial charge in [-0.3, -0.25) is 0 Å². The van der Waals surface area contributed by atoms with Crippen molar-refractivity contribution in [3.63, 3.8) is 0 Å². The van der Waals surface area contributed by atoms with Crippen LogP contribution in [0.25, 0.3) is 0 Å². The Labute approximate surface area is 172 Å². The molecule has 5 rings (SSSR count). The van der Waals surface area contributed by atoms with Gasteiger partial charge >= 0.3 is 0 Å². The van der Waals surface area contributed by atoms with E-state index in [1.54, 1.807) is 0 Å². The fourth-order valence-electron chi connectivity index (χ4n) is 5.32. The van der Waals surface area contributed by atoms with Crippen LogP contribution in [0.5, 0.6) is 0 Å². The number of nitrogens with zero attached hydrogens (tertiary/aromatic N) is 4. The summed E-state index contributed by atoms with van der Waals surface area (Å²) in [6.07, 6.45) is 8.71. The molecule has 1 saturated carbocycles. The zero-order chi connectivity index (χ0) is 19.8. The molecule has 154 valence electrons. The summed E-state index contributed by atoms with van der Waals surface area (Å²) >= 11 is 0. The summed E-state index contributed by atoms with van der Waals surface area (Å²) < 4.78 is 0. The van der Waals surface area contributed by atoms with E-state index in [0.29, 0.717) is 5.95 Å². The number of hydrogen-bond acceptors (Lipinski definition) is 7. The zero-order valence-electron chi connectivity index (χ0n) is 17.1. The van der Waals surface area contributed by atoms with Crippen molar-refractivity contribution in [1.82, 2.24) is 20.3 Å². The first kappa shape index (κ1) is 18.8. The smallest absolute Gasteiger partial charge is 0.228 e. The van der Waals surface area contributed by atoms with E-state index in [4.69, 9.17) is 4.98 Å². The first-order chi connectivity index (χ1) is 14.2. The Morgan fingerprint density at radius 2 is 1.93 bits per heavy atom. The van der Waals surface area contributed by atoms with Gasteiger partial charge in [0.2, 0.25) is 5.95 Å². The Balaban J connectivity index is 1.39. The average molecular weight is 395 g/mol. The summed E-state index contributed by atoms with van der Waals surface area (Å²) in [6.45, 7) is 6.19. The predicted octanol–water partition coefficient (Wildman–Crippen LogP) is 2.70. The highest BCUT2D eigenvalue weighted by molar-refractivity contribution is 5.54. The topological polar surface area (TPSA) is 86.2 Å². The molecule has 7 nitrogen and oxygen atoms in total. The van der Waals surface area contributed by atoms with E-state index in [1.807, 2.05) is 18.5 Å². The molecular formula is C22H30N6O. The molecule has 1 spiro atoms. The third kappa shape index (κ3) is 3.36. The van der Waals surface area contributed by atoms with Gasteiger partial charge in [-0.25, -0.2) is 15.0 Å². The van der Waals surface area contributed by atoms with E-state index >= 15 is 0 Å². The van der Waals surface area contributed by atoms with Crippen molar-refractivity contribution in [2.75, 3.05) is 36.4 Å². The fraction of sp³-hybridized carbons (Fsp3) is 0.591. The molecule has 3 heterocycles. The molecule has 0 amide bonds. The quantitative estimate of drug-likeness (QED) is 0.738. The summed E-state index contributed by atoms with van der Waals surface area (Å²) in [7, 11) is 0. The maximum absolute atomic E-state index is 10.9. The molecule has 2 aliphatic carbocycles. The molecule has 1 saturated heterocycles. The maximum atomic E-state index is 10.9. The number of fused-ring (bicyclic) bond motifs is 2. The van der Waals surface area contributed by atoms with E-state index in [0.717, 1.165) is 75.5 Å². The van der Waals surface area contributed by atoms with Gasteiger partial charge in [0, 0.05) is 37.8 Å². The van der Waals surface area contributed by atoms with Crippen LogP contribution in [0.2, 0.25) is 0 Å². The third-order valence-electron chi connectivity index (χ3n) is 7.00. The number of rotatable bonds is 3. The van der Waals surface area contributed by atoms with E-state index in [2.05, 4.69) is 38.5 Å². The van der Waals surface area contributed by atoms with Crippen LogP contribution < -0.4 is 15.5 Å². The molecule has 29 heavy (non-hydrogen) atoms. The van der Waals surface area contributed by atoms with Gasteiger partial charge in [0.15, 0.2) is 0 Å². The van der Waals surface area contributed by atoms with Crippen molar-refractivity contribution >= 4 is 17.5 Å². The highest BCUT2D eigenvalue weighted by atomic mass is 16.3. The third-order valence-corrected chi connectivity index (χ3v) is 7.00. The van der Waals surface area contributed by atoms with E-state index < -0.39 is 0 Å². The molecule has 2 unspecified atom stereocenters. The van der Waals surface area contributed by atoms with Crippen LogP contribution in [0, 0.1) is 0 Å². The van der Waals surface area contributed by atoms with Crippen LogP contribution in [-0.2, 0) is 5.41 Å². The van der Waals surface area contributed by atoms with Crippen LogP contribution in [0.15, 0.2) is 24.5 Å². The minimum Gasteiger partial charge on any atom is -0.392 e. The van der Waals surface area contributed by atoms with Gasteiger partial charge in [-0.15, -0.1) is 0 Å². The summed E-state index contributed by atoms with van der Waals surface area (Å²) in [5, 5.41) is 17.6. The summed E-state index contributed by atoms with van der Waals surface area (Å²) in [5.41, 5.74) is 3.20. The SMILES string of the molecule is CC1CC(O)C2(CCCC2)c2nc(Nc3ccc(N4CCNCC4)cn3)ncc21. The Morgan fingerprint density at radius 3 is 2.66 bits per heavy atom. The van der Waals surface area contributed by atoms with E-state index in [1.165, 1.54) is 5.56 Å². The molecule has 0 bridgehead atoms. The average Bonchev–Trinajstić information content (AvgIpc) is 3.25. The lowest BCUT2D eigenvalue weighted by Crippen LogP contribution is -2.43. The molecule has 2 fully saturated rings. The maximum Gasteiger partial charge on any atom is 0.228 e. The first-order valence-corrected chi connectivity index (χ1v) is 10.9. The number of aromatic nitrogens is 3. The van der Waals surface area contributed by atoms with Gasteiger partial charge in [-0.05, 0) is 42.9 Å². The number of piperazine rings is 1. The van der Waals surface area contributed by atoms with Crippen LogP contribution >= 0.6 is 0 Å². The van der Waals surface area contributed by atoms with E-state index in [9.17, 15) is 5.11 Å². The lowest BCUT2D eigenvalue weighted by molar-refractivity contribution is 0.0559. The van der Waals surface area contributed by atoms with Crippen molar-refractivity contribution in [2.24, 2.45) is 0 Å². The molecule has 2 atom stereocenters. The number of aliphatic hydroxyl groups is 1. The fourth-order valence-corrected chi connectivity index (χ4v) is 5.32. The lowest BCUT2D eigenvalue weighted by atomic mass is 9.67. The van der Waals surface area contributed by atoms with Gasteiger partial charge in [0.1, 0.15) is 5.82 Å². The molecule has 1 aliphatic heterocycles. The van der Waals surface area contributed by atoms with Crippen molar-refractivity contribution in [2.45, 2.75) is 56.5 Å². The molecule has 3 N–H and O–H groups in total. The number of aliphatic hydroxyl groups excluding tert-OH is 1. The Kier molecular flexibility index (Phi) is 4.87. The second kappa shape index (κ2) is 7.54. The standard InChI is InChI=1S/C22H30N6O/c1-15-12-18(29)22(6-2-3-7-22)20-17(15)14-25-21(27-20)26-19-5-4-16(13-24-19)28-10-8-23-9-11-28/h4-5,13-15,18,23,29H,2-3,6-12H2,1H3,(H,24,25,26,27). The number of pyridine rings is 1. The molecular weight excluding hydrogens is 364 g/mol. The normalized spacial score (nSPS) is 25.8. The van der Waals surface area contributed by atoms with Crippen molar-refractivity contribution in [3.8, 4) is 0 Å². The number of nitrogens with one attached hydrogen (secondary N) is 2.